The Labute approximate surface area is 112 Å². The first kappa shape index (κ1) is 13.5. The molecular formula is C14H18N2O3. The minimum atomic E-state index is -0.468. The Morgan fingerprint density at radius 2 is 1.74 bits per heavy atom. The van der Waals surface area contributed by atoms with Crippen LogP contribution in [-0.4, -0.2) is 24.3 Å². The molecule has 2 rings (SSSR count). The monoisotopic (exact) mass is 262 g/mol. The lowest BCUT2D eigenvalue weighted by Crippen LogP contribution is -2.27. The summed E-state index contributed by atoms with van der Waals surface area (Å²) in [6, 6.07) is 4.53. The average Bonchev–Trinajstić information content (AvgIpc) is 2.38. The van der Waals surface area contributed by atoms with E-state index < -0.39 is 4.92 Å². The van der Waals surface area contributed by atoms with E-state index in [2.05, 4.69) is 4.90 Å². The van der Waals surface area contributed by atoms with E-state index in [9.17, 15) is 14.9 Å². The maximum atomic E-state index is 11.1. The van der Waals surface area contributed by atoms with Crippen LogP contribution < -0.4 is 4.90 Å². The molecule has 0 aromatic heterocycles. The summed E-state index contributed by atoms with van der Waals surface area (Å²) in [5, 5.41) is 10.7. The predicted octanol–water partition coefficient (Wildman–Crippen LogP) is 3.18. The summed E-state index contributed by atoms with van der Waals surface area (Å²) >= 11 is 0. The first-order valence-corrected chi connectivity index (χ1v) is 6.71. The largest absolute Gasteiger partial charge is 0.371 e. The number of anilines is 1. The Hall–Kier alpha value is -1.91. The molecule has 102 valence electrons. The zero-order valence-corrected chi connectivity index (χ0v) is 10.9. The van der Waals surface area contributed by atoms with Crippen LogP contribution >= 0.6 is 0 Å². The van der Waals surface area contributed by atoms with Gasteiger partial charge in [0.05, 0.1) is 4.92 Å². The maximum absolute atomic E-state index is 11.1. The molecular weight excluding hydrogens is 244 g/mol. The average molecular weight is 262 g/mol. The molecule has 19 heavy (non-hydrogen) atoms. The second-order valence-electron chi connectivity index (χ2n) is 4.87. The molecule has 1 aromatic carbocycles. The van der Waals surface area contributed by atoms with Gasteiger partial charge in [0.1, 0.15) is 0 Å². The van der Waals surface area contributed by atoms with E-state index >= 15 is 0 Å². The number of rotatable bonds is 3. The van der Waals surface area contributed by atoms with Gasteiger partial charge in [-0.2, -0.15) is 0 Å². The van der Waals surface area contributed by atoms with Crippen molar-refractivity contribution in [1.29, 1.82) is 0 Å². The molecule has 0 saturated carbocycles. The fraction of sp³-hybridized carbons (Fsp3) is 0.500. The number of nitro groups is 1. The van der Waals surface area contributed by atoms with Crippen molar-refractivity contribution in [1.82, 2.24) is 0 Å². The first-order chi connectivity index (χ1) is 9.22. The van der Waals surface area contributed by atoms with Gasteiger partial charge in [0.2, 0.25) is 0 Å². The van der Waals surface area contributed by atoms with Crippen molar-refractivity contribution in [2.75, 3.05) is 18.0 Å². The highest BCUT2D eigenvalue weighted by atomic mass is 16.6. The molecule has 1 aromatic rings. The molecule has 0 unspecified atom stereocenters. The Morgan fingerprint density at radius 3 is 2.32 bits per heavy atom. The van der Waals surface area contributed by atoms with Crippen molar-refractivity contribution >= 4 is 17.7 Å². The lowest BCUT2D eigenvalue weighted by Gasteiger charge is -2.27. The van der Waals surface area contributed by atoms with Crippen molar-refractivity contribution in [3.8, 4) is 0 Å². The van der Waals surface area contributed by atoms with E-state index in [1.807, 2.05) is 0 Å². The van der Waals surface area contributed by atoms with Crippen LogP contribution in [0.25, 0.3) is 0 Å². The zero-order chi connectivity index (χ0) is 13.7. The van der Waals surface area contributed by atoms with Gasteiger partial charge in [-0.25, -0.2) is 0 Å². The fourth-order valence-electron chi connectivity index (χ4n) is 2.53. The molecule has 5 nitrogen and oxygen atoms in total. The van der Waals surface area contributed by atoms with Crippen LogP contribution in [0.4, 0.5) is 11.4 Å². The van der Waals surface area contributed by atoms with Gasteiger partial charge in [0.15, 0.2) is 6.29 Å². The van der Waals surface area contributed by atoms with E-state index in [1.165, 1.54) is 31.4 Å². The third-order valence-corrected chi connectivity index (χ3v) is 3.55. The van der Waals surface area contributed by atoms with Gasteiger partial charge in [0.25, 0.3) is 5.69 Å². The van der Waals surface area contributed by atoms with Crippen LogP contribution in [0.1, 0.15) is 42.5 Å². The quantitative estimate of drug-likeness (QED) is 0.477. The maximum Gasteiger partial charge on any atom is 0.270 e. The van der Waals surface area contributed by atoms with Crippen LogP contribution in [0.2, 0.25) is 0 Å². The summed E-state index contributed by atoms with van der Waals surface area (Å²) in [5.41, 5.74) is 1.20. The Bertz CT molecular complexity index is 466. The van der Waals surface area contributed by atoms with Gasteiger partial charge in [-0.3, -0.25) is 14.9 Å². The normalized spacial score (nSPS) is 16.5. The smallest absolute Gasteiger partial charge is 0.270 e. The highest BCUT2D eigenvalue weighted by Crippen LogP contribution is 2.26. The van der Waals surface area contributed by atoms with Gasteiger partial charge in [0, 0.05) is 36.5 Å². The lowest BCUT2D eigenvalue weighted by atomic mass is 10.1. The zero-order valence-electron chi connectivity index (χ0n) is 10.9. The van der Waals surface area contributed by atoms with E-state index in [4.69, 9.17) is 0 Å². The Balaban J connectivity index is 2.26. The number of carbonyl (C=O) groups is 1. The summed E-state index contributed by atoms with van der Waals surface area (Å²) in [7, 11) is 0. The van der Waals surface area contributed by atoms with Gasteiger partial charge in [-0.15, -0.1) is 0 Å². The predicted molar refractivity (Wildman–Crippen MR) is 73.8 cm³/mol. The molecule has 5 heteroatoms. The number of carbonyl (C=O) groups excluding carboxylic acids is 1. The third-order valence-electron chi connectivity index (χ3n) is 3.55. The van der Waals surface area contributed by atoms with Crippen LogP contribution in [0.5, 0.6) is 0 Å². The standard InChI is InChI=1S/C14H18N2O3/c17-11-12-10-13(16(18)19)6-7-14(12)15-8-4-2-1-3-5-9-15/h6-7,10-11H,1-5,8-9H2. The molecule has 0 spiro atoms. The molecule has 1 heterocycles. The highest BCUT2D eigenvalue weighted by Gasteiger charge is 2.16. The molecule has 0 radical (unpaired) electrons. The van der Waals surface area contributed by atoms with Crippen molar-refractivity contribution in [2.24, 2.45) is 0 Å². The fourth-order valence-corrected chi connectivity index (χ4v) is 2.53. The van der Waals surface area contributed by atoms with Crippen molar-refractivity contribution in [3.05, 3.63) is 33.9 Å². The number of hydrogen-bond donors (Lipinski definition) is 0. The van der Waals surface area contributed by atoms with E-state index in [-0.39, 0.29) is 5.69 Å². The molecule has 1 aliphatic rings. The summed E-state index contributed by atoms with van der Waals surface area (Å²) < 4.78 is 0. The topological polar surface area (TPSA) is 63.4 Å². The molecule has 0 atom stereocenters. The number of aldehydes is 1. The minimum absolute atomic E-state index is 0.0297. The SMILES string of the molecule is O=Cc1cc([N+](=O)[O-])ccc1N1CCCCCCC1. The summed E-state index contributed by atoms with van der Waals surface area (Å²) in [5.74, 6) is 0. The van der Waals surface area contributed by atoms with Crippen LogP contribution in [0, 0.1) is 10.1 Å². The molecule has 0 amide bonds. The van der Waals surface area contributed by atoms with Crippen LogP contribution in [-0.2, 0) is 0 Å². The van der Waals surface area contributed by atoms with Gasteiger partial charge < -0.3 is 4.90 Å². The van der Waals surface area contributed by atoms with Gasteiger partial charge in [-0.05, 0) is 18.9 Å². The molecule has 0 aliphatic carbocycles. The molecule has 1 aliphatic heterocycles. The number of hydrogen-bond acceptors (Lipinski definition) is 4. The number of nitrogens with zero attached hydrogens (tertiary/aromatic N) is 2. The summed E-state index contributed by atoms with van der Waals surface area (Å²) in [4.78, 5) is 23.6. The first-order valence-electron chi connectivity index (χ1n) is 6.71. The minimum Gasteiger partial charge on any atom is -0.371 e. The second kappa shape index (κ2) is 6.31. The summed E-state index contributed by atoms with van der Waals surface area (Å²) in [6.07, 6.45) is 6.61. The molecule has 0 bridgehead atoms. The molecule has 1 fully saturated rings. The summed E-state index contributed by atoms with van der Waals surface area (Å²) in [6.45, 7) is 1.83. The molecule has 0 N–H and O–H groups in total. The number of benzene rings is 1. The number of nitro benzene ring substituents is 1. The van der Waals surface area contributed by atoms with Crippen molar-refractivity contribution in [3.63, 3.8) is 0 Å². The van der Waals surface area contributed by atoms with Crippen molar-refractivity contribution in [2.45, 2.75) is 32.1 Å². The van der Waals surface area contributed by atoms with Crippen LogP contribution in [0.15, 0.2) is 18.2 Å². The van der Waals surface area contributed by atoms with Crippen molar-refractivity contribution < 1.29 is 9.72 Å². The third kappa shape index (κ3) is 3.30. The molecule has 1 saturated heterocycles. The Kier molecular flexibility index (Phi) is 4.49. The number of non-ortho nitro benzene ring substituents is 1. The van der Waals surface area contributed by atoms with E-state index in [1.54, 1.807) is 6.07 Å². The second-order valence-corrected chi connectivity index (χ2v) is 4.87. The highest BCUT2D eigenvalue weighted by molar-refractivity contribution is 5.86. The van der Waals surface area contributed by atoms with Crippen LogP contribution in [0.3, 0.4) is 0 Å². The van der Waals surface area contributed by atoms with E-state index in [0.717, 1.165) is 31.6 Å². The van der Waals surface area contributed by atoms with Gasteiger partial charge in [-0.1, -0.05) is 19.3 Å². The van der Waals surface area contributed by atoms with E-state index in [0.29, 0.717) is 11.8 Å². The Morgan fingerprint density at radius 1 is 1.11 bits per heavy atom. The lowest BCUT2D eigenvalue weighted by molar-refractivity contribution is -0.384. The van der Waals surface area contributed by atoms with Gasteiger partial charge >= 0.3 is 0 Å².